The predicted molar refractivity (Wildman–Crippen MR) is 522 cm³/mol. The second-order valence-corrected chi connectivity index (χ2v) is 39.2. The molecule has 16 heteroatoms. The third kappa shape index (κ3) is 22.7. The number of hydrogen-bond donors (Lipinski definition) is 0. The first-order valence-electron chi connectivity index (χ1n) is 43.1. The molecule has 12 nitrogen and oxygen atoms in total. The van der Waals surface area contributed by atoms with Crippen molar-refractivity contribution in [3.63, 3.8) is 0 Å². The lowest BCUT2D eigenvalue weighted by Crippen LogP contribution is -2.11. The molecule has 0 aliphatic rings. The minimum absolute atomic E-state index is 0.0963. The average Bonchev–Trinajstić information content (AvgIpc) is 1.39. The van der Waals surface area contributed by atoms with Crippen LogP contribution in [0.5, 0.6) is 57.5 Å². The molecule has 0 aliphatic carbocycles. The molecule has 0 saturated carbocycles. The molecule has 0 atom stereocenters. The second-order valence-electron chi connectivity index (χ2n) is 35.2. The Morgan fingerprint density at radius 1 is 0.218 bits per heavy atom. The number of aryl methyl sites for hydroxylation is 22. The van der Waals surface area contributed by atoms with Crippen LogP contribution < -0.4 is 45.2 Å². The normalized spacial score (nSPS) is 11.4. The van der Waals surface area contributed by atoms with E-state index >= 15 is 0 Å². The van der Waals surface area contributed by atoms with Gasteiger partial charge < -0.3 is 53.6 Å². The van der Waals surface area contributed by atoms with Gasteiger partial charge in [0, 0.05) is 21.9 Å². The highest BCUT2D eigenvalue weighted by Gasteiger charge is 2.35. The molecule has 0 fully saturated rings. The topological polar surface area (TPSA) is 119 Å². The van der Waals surface area contributed by atoms with Gasteiger partial charge in [-0.15, -0.1) is 0 Å². The van der Waals surface area contributed by atoms with Crippen molar-refractivity contribution in [2.24, 2.45) is 0 Å². The van der Waals surface area contributed by atoms with Crippen LogP contribution in [0.3, 0.4) is 0 Å². The third-order valence-corrected chi connectivity index (χ3v) is 27.1. The minimum atomic E-state index is -2.04. The van der Waals surface area contributed by atoms with Crippen LogP contribution in [0.25, 0.3) is 33.1 Å². The van der Waals surface area contributed by atoms with Gasteiger partial charge in [0.1, 0.15) is 68.7 Å². The van der Waals surface area contributed by atoms with E-state index in [-0.39, 0.29) is 11.8 Å². The lowest BCUT2D eigenvalue weighted by atomic mass is 9.84. The molecule has 0 saturated heterocycles. The van der Waals surface area contributed by atoms with E-state index in [9.17, 15) is 0 Å². The summed E-state index contributed by atoms with van der Waals surface area (Å²) >= 11 is 0. The Morgan fingerprint density at radius 2 is 0.411 bits per heavy atom. The van der Waals surface area contributed by atoms with Crippen LogP contribution in [0.1, 0.15) is 235 Å². The molecule has 0 spiro atoms. The van der Waals surface area contributed by atoms with Gasteiger partial charge in [-0.25, -0.2) is 0 Å². The molecular formula is C108H128O12P4. The summed E-state index contributed by atoms with van der Waals surface area (Å²) in [6, 6.07) is 58.2. The van der Waals surface area contributed by atoms with Crippen molar-refractivity contribution in [2.75, 3.05) is 0 Å². The van der Waals surface area contributed by atoms with Crippen molar-refractivity contribution in [1.82, 2.24) is 0 Å². The smallest absolute Gasteiger partial charge is 0.408 e. The maximum absolute atomic E-state index is 7.31. The Balaban J connectivity index is 0.000000201. The Hall–Kier alpha value is -10.2. The largest absolute Gasteiger partial charge is 0.530 e. The Bertz CT molecular complexity index is 5630. The molecule has 0 bridgehead atoms. The Kier molecular flexibility index (Phi) is 31.1. The molecule has 1 aromatic heterocycles. The zero-order chi connectivity index (χ0) is 90.3. The maximum Gasteiger partial charge on any atom is 0.530 e. The van der Waals surface area contributed by atoms with Crippen LogP contribution in [0, 0.1) is 166 Å². The first-order valence-corrected chi connectivity index (χ1v) is 47.5. The van der Waals surface area contributed by atoms with E-state index in [4.69, 9.17) is 53.6 Å². The van der Waals surface area contributed by atoms with E-state index in [1.807, 2.05) is 87.5 Å². The van der Waals surface area contributed by atoms with Crippen LogP contribution in [0.4, 0.5) is 0 Å². The van der Waals surface area contributed by atoms with Crippen molar-refractivity contribution >= 4 is 56.0 Å². The van der Waals surface area contributed by atoms with Gasteiger partial charge in [-0.05, 0) is 350 Å². The molecule has 13 rings (SSSR count). The highest BCUT2D eigenvalue weighted by Crippen LogP contribution is 2.58. The summed E-state index contributed by atoms with van der Waals surface area (Å²) in [7, 11) is -7.45. The molecule has 652 valence electrons. The van der Waals surface area contributed by atoms with E-state index in [2.05, 4.69) is 304 Å². The van der Waals surface area contributed by atoms with Crippen molar-refractivity contribution in [3.8, 4) is 68.6 Å². The Morgan fingerprint density at radius 3 is 0.621 bits per heavy atom. The Labute approximate surface area is 744 Å². The molecule has 12 aromatic carbocycles. The highest BCUT2D eigenvalue weighted by atomic mass is 31.2. The summed E-state index contributed by atoms with van der Waals surface area (Å²) < 4.78 is 80.4. The first-order chi connectivity index (χ1) is 58.6. The summed E-state index contributed by atoms with van der Waals surface area (Å²) in [4.78, 5) is 0. The van der Waals surface area contributed by atoms with Gasteiger partial charge in [0.15, 0.2) is 0 Å². The van der Waals surface area contributed by atoms with Crippen LogP contribution in [-0.2, 0) is 0 Å². The zero-order valence-electron chi connectivity index (χ0n) is 79.2. The summed E-state index contributed by atoms with van der Waals surface area (Å²) in [6.45, 7) is 68.1. The van der Waals surface area contributed by atoms with Crippen LogP contribution >= 0.6 is 34.0 Å². The fraction of sp³-hybridized carbons (Fsp3) is 0.333. The fourth-order valence-electron chi connectivity index (χ4n) is 15.4. The first kappa shape index (κ1) is 94.5. The van der Waals surface area contributed by atoms with E-state index in [0.29, 0.717) is 46.3 Å². The van der Waals surface area contributed by atoms with Gasteiger partial charge in [0.05, 0.1) is 0 Å². The van der Waals surface area contributed by atoms with Gasteiger partial charge in [-0.2, -0.15) is 0 Å². The second kappa shape index (κ2) is 40.9. The average molecular weight is 1740 g/mol. The molecule has 13 aromatic rings. The molecule has 0 N–H and O–H groups in total. The molecular weight excluding hydrogens is 1610 g/mol. The standard InChI is InChI=1S/C54H64O6P2.C30H37O3P.C24H27O3P/c1-31(2)45-29-37(9)43(15)51(53(45)59-61(55-47-21-17-33(5)25-39(47)11)56-48-22-18-34(6)26-40(48)12)52-44(16)38(10)30-46(32(3)4)54(52)60-62(57-49-23-19-35(7)27-41(49)13)58-50-24-20-36(8)28-42(50)14;1-16(2)24-14-19(6)22(9)27-28-23(10)20(7)15-25(17(3)4)30(28)33-34(32-29(24)27)31-26-12-11-18(5)13-21(26)8;1-16-7-10-22(19(4)13-16)25-28(26-23-11-8-17(2)14-20(23)5)27-24-12-9-18(3)15-21(24)6/h17-32H,1-16H3;11-17H,1-10H3;7-15H,1-6H3. The number of rotatable bonds is 25. The van der Waals surface area contributed by atoms with Crippen molar-refractivity contribution < 1.29 is 53.6 Å². The number of hydrogen-bond acceptors (Lipinski definition) is 12. The van der Waals surface area contributed by atoms with Crippen molar-refractivity contribution in [1.29, 1.82) is 0 Å². The molecule has 0 amide bonds. The van der Waals surface area contributed by atoms with Gasteiger partial charge in [0.25, 0.3) is 0 Å². The maximum atomic E-state index is 7.31. The molecule has 0 unspecified atom stereocenters. The summed E-state index contributed by atoms with van der Waals surface area (Å²) in [5.41, 5.74) is 35.2. The van der Waals surface area contributed by atoms with E-state index < -0.39 is 34.0 Å². The lowest BCUT2D eigenvalue weighted by molar-refractivity contribution is 0.380. The number of fused-ring (bicyclic) bond motifs is 3. The highest BCUT2D eigenvalue weighted by molar-refractivity contribution is 7.43. The van der Waals surface area contributed by atoms with Crippen LogP contribution in [-0.4, -0.2) is 0 Å². The van der Waals surface area contributed by atoms with Crippen molar-refractivity contribution in [3.05, 3.63) is 326 Å². The van der Waals surface area contributed by atoms with E-state index in [1.54, 1.807) is 0 Å². The molecule has 124 heavy (non-hydrogen) atoms. The summed E-state index contributed by atoms with van der Waals surface area (Å²) in [5, 5.41) is 2.30. The van der Waals surface area contributed by atoms with E-state index in [0.717, 1.165) is 156 Å². The van der Waals surface area contributed by atoms with Gasteiger partial charge >= 0.3 is 34.0 Å². The minimum Gasteiger partial charge on any atom is -0.408 e. The third-order valence-electron chi connectivity index (χ3n) is 23.0. The fourth-order valence-corrected chi connectivity index (χ4v) is 20.1. The zero-order valence-corrected chi connectivity index (χ0v) is 82.7. The van der Waals surface area contributed by atoms with Gasteiger partial charge in [0.2, 0.25) is 0 Å². The lowest BCUT2D eigenvalue weighted by Gasteiger charge is -2.29. The predicted octanol–water partition coefficient (Wildman–Crippen LogP) is 34.4. The van der Waals surface area contributed by atoms with Crippen LogP contribution in [0.15, 0.2) is 178 Å². The van der Waals surface area contributed by atoms with Crippen molar-refractivity contribution in [2.45, 2.75) is 245 Å². The monoisotopic (exact) mass is 1740 g/mol. The van der Waals surface area contributed by atoms with Gasteiger partial charge in [-0.1, -0.05) is 221 Å². The van der Waals surface area contributed by atoms with Crippen LogP contribution in [0.2, 0.25) is 0 Å². The summed E-state index contributed by atoms with van der Waals surface area (Å²) in [5.74, 6) is 8.14. The van der Waals surface area contributed by atoms with Gasteiger partial charge in [-0.3, -0.25) is 0 Å². The molecule has 0 radical (unpaired) electrons. The molecule has 1 heterocycles. The summed E-state index contributed by atoms with van der Waals surface area (Å²) in [6.07, 6.45) is 0. The SMILES string of the molecule is Cc1ccc(OP(Oc2ccc(C)cc2C)Oc2c(C(C)C)cc(C)c(C)c2-c2c(C)c(C)cc(C(C)C)c2OP(Oc2ccc(C)cc2C)Oc2ccc(C)cc2C)c(C)c1.Cc1ccc(OP(Oc2ccc(C)cc2C)Oc2ccc(C)cc2C)c(C)c1.Cc1ccc(Op2oc3c(C(C)C)cc(C)c(C)c3c3c(C)c(C)cc(C(C)C)c3o2)c(C)c1. The number of benzene rings is 12. The van der Waals surface area contributed by atoms with E-state index in [1.165, 1.54) is 55.6 Å². The molecule has 0 aliphatic heterocycles. The quantitative estimate of drug-likeness (QED) is 0.0507.